The molecule has 3 aliphatic carbocycles. The van der Waals surface area contributed by atoms with E-state index in [1.807, 2.05) is 5.57 Å². The Morgan fingerprint density at radius 1 is 1.12 bits per heavy atom. The van der Waals surface area contributed by atoms with Crippen LogP contribution >= 0.6 is 0 Å². The molecule has 0 N–H and O–H groups in total. The number of allylic oxidation sites excluding steroid dienone is 2. The topological polar surface area (TPSA) is 0 Å². The average molecular weight is 359 g/mol. The van der Waals surface area contributed by atoms with Gasteiger partial charge < -0.3 is 0 Å². The molecule has 0 bridgehead atoms. The van der Waals surface area contributed by atoms with E-state index in [1.165, 1.54) is 77.0 Å². The molecule has 0 aliphatic heterocycles. The SMILES string of the molecule is CCC1C(CC(C)CCCC(C)C)CCC2C1CC=C1CCCC[C@@]12C. The van der Waals surface area contributed by atoms with Crippen molar-refractivity contribution < 1.29 is 0 Å². The van der Waals surface area contributed by atoms with Gasteiger partial charge >= 0.3 is 0 Å². The summed E-state index contributed by atoms with van der Waals surface area (Å²) < 4.78 is 0. The molecule has 0 aromatic carbocycles. The predicted octanol–water partition coefficient (Wildman–Crippen LogP) is 8.42. The highest BCUT2D eigenvalue weighted by Crippen LogP contribution is 2.59. The summed E-state index contributed by atoms with van der Waals surface area (Å²) in [5.74, 6) is 5.81. The highest BCUT2D eigenvalue weighted by atomic mass is 14.5. The van der Waals surface area contributed by atoms with Crippen LogP contribution in [-0.4, -0.2) is 0 Å². The van der Waals surface area contributed by atoms with E-state index in [2.05, 4.69) is 40.7 Å². The fourth-order valence-corrected chi connectivity index (χ4v) is 7.33. The average Bonchev–Trinajstić information content (AvgIpc) is 2.60. The summed E-state index contributed by atoms with van der Waals surface area (Å²) in [5.41, 5.74) is 2.43. The Balaban J connectivity index is 1.63. The molecule has 0 saturated heterocycles. The number of fused-ring (bicyclic) bond motifs is 3. The molecule has 0 aromatic rings. The lowest BCUT2D eigenvalue weighted by molar-refractivity contribution is -0.00581. The van der Waals surface area contributed by atoms with Crippen molar-refractivity contribution in [1.29, 1.82) is 0 Å². The van der Waals surface area contributed by atoms with Gasteiger partial charge in [0, 0.05) is 0 Å². The van der Waals surface area contributed by atoms with Crippen molar-refractivity contribution in [3.63, 3.8) is 0 Å². The molecular formula is C26H46. The predicted molar refractivity (Wildman–Crippen MR) is 115 cm³/mol. The van der Waals surface area contributed by atoms with Crippen molar-refractivity contribution in [2.24, 2.45) is 40.9 Å². The molecule has 3 rings (SSSR count). The van der Waals surface area contributed by atoms with E-state index >= 15 is 0 Å². The van der Waals surface area contributed by atoms with Crippen LogP contribution in [0.5, 0.6) is 0 Å². The van der Waals surface area contributed by atoms with Gasteiger partial charge in [0.15, 0.2) is 0 Å². The fraction of sp³-hybridized carbons (Fsp3) is 0.923. The Labute approximate surface area is 164 Å². The van der Waals surface area contributed by atoms with E-state index in [0.29, 0.717) is 5.41 Å². The third-order valence-electron chi connectivity index (χ3n) is 8.76. The van der Waals surface area contributed by atoms with Crippen molar-refractivity contribution in [2.75, 3.05) is 0 Å². The van der Waals surface area contributed by atoms with Gasteiger partial charge in [0.1, 0.15) is 0 Å². The second-order valence-corrected chi connectivity index (χ2v) is 10.9. The van der Waals surface area contributed by atoms with Gasteiger partial charge in [-0.05, 0) is 85.9 Å². The van der Waals surface area contributed by atoms with Crippen molar-refractivity contribution in [1.82, 2.24) is 0 Å². The quantitative estimate of drug-likeness (QED) is 0.401. The third kappa shape index (κ3) is 4.25. The maximum Gasteiger partial charge on any atom is -0.00853 e. The second kappa shape index (κ2) is 8.83. The molecule has 0 aromatic heterocycles. The molecule has 0 amide bonds. The maximum absolute atomic E-state index is 2.72. The molecule has 0 heteroatoms. The molecule has 0 spiro atoms. The van der Waals surface area contributed by atoms with Crippen molar-refractivity contribution in [2.45, 2.75) is 112 Å². The van der Waals surface area contributed by atoms with Crippen LogP contribution < -0.4 is 0 Å². The lowest BCUT2D eigenvalue weighted by Gasteiger charge is -2.55. The van der Waals surface area contributed by atoms with Gasteiger partial charge in [0.2, 0.25) is 0 Å². The largest absolute Gasteiger partial charge is 0.0845 e. The van der Waals surface area contributed by atoms with Gasteiger partial charge in [0.25, 0.3) is 0 Å². The Morgan fingerprint density at radius 3 is 2.65 bits per heavy atom. The molecule has 150 valence electrons. The van der Waals surface area contributed by atoms with Gasteiger partial charge in [-0.2, -0.15) is 0 Å². The standard InChI is InChI=1S/C26H46/c1-6-23-21(18-20(4)11-9-10-19(2)3)13-16-25-24(23)15-14-22-12-7-8-17-26(22,25)5/h14,19-21,23-25H,6-13,15-18H2,1-5H3/t20?,21?,23?,24?,25?,26-/m0/s1. The van der Waals surface area contributed by atoms with Crippen LogP contribution in [0.4, 0.5) is 0 Å². The molecule has 0 nitrogen and oxygen atoms in total. The first kappa shape index (κ1) is 20.5. The molecule has 0 heterocycles. The van der Waals surface area contributed by atoms with Crippen molar-refractivity contribution >= 4 is 0 Å². The minimum Gasteiger partial charge on any atom is -0.0845 e. The Bertz CT molecular complexity index is 472. The van der Waals surface area contributed by atoms with E-state index in [4.69, 9.17) is 0 Å². The van der Waals surface area contributed by atoms with Crippen LogP contribution in [0.15, 0.2) is 11.6 Å². The van der Waals surface area contributed by atoms with Gasteiger partial charge in [-0.1, -0.05) is 78.4 Å². The van der Waals surface area contributed by atoms with Gasteiger partial charge in [0.05, 0.1) is 0 Å². The monoisotopic (exact) mass is 358 g/mol. The maximum atomic E-state index is 2.72. The number of hydrogen-bond acceptors (Lipinski definition) is 0. The van der Waals surface area contributed by atoms with Gasteiger partial charge in [-0.15, -0.1) is 0 Å². The van der Waals surface area contributed by atoms with Crippen LogP contribution in [0.3, 0.4) is 0 Å². The van der Waals surface area contributed by atoms with Crippen LogP contribution in [0, 0.1) is 40.9 Å². The van der Waals surface area contributed by atoms with Gasteiger partial charge in [-0.3, -0.25) is 0 Å². The Morgan fingerprint density at radius 2 is 1.92 bits per heavy atom. The minimum absolute atomic E-state index is 0.572. The molecule has 6 atom stereocenters. The normalized spacial score (nSPS) is 38.5. The zero-order valence-electron chi connectivity index (χ0n) is 18.5. The lowest BCUT2D eigenvalue weighted by atomic mass is 9.49. The Kier molecular flexibility index (Phi) is 6.95. The second-order valence-electron chi connectivity index (χ2n) is 10.9. The molecule has 2 saturated carbocycles. The summed E-state index contributed by atoms with van der Waals surface area (Å²) in [7, 11) is 0. The zero-order chi connectivity index (χ0) is 18.7. The lowest BCUT2D eigenvalue weighted by Crippen LogP contribution is -2.46. The van der Waals surface area contributed by atoms with Crippen LogP contribution in [0.25, 0.3) is 0 Å². The fourth-order valence-electron chi connectivity index (χ4n) is 7.33. The summed E-state index contributed by atoms with van der Waals surface area (Å²) in [6.45, 7) is 12.4. The minimum atomic E-state index is 0.572. The first-order valence-electron chi connectivity index (χ1n) is 12.1. The van der Waals surface area contributed by atoms with Crippen LogP contribution in [-0.2, 0) is 0 Å². The molecule has 5 unspecified atom stereocenters. The van der Waals surface area contributed by atoms with Crippen molar-refractivity contribution in [3.05, 3.63) is 11.6 Å². The number of hydrogen-bond donors (Lipinski definition) is 0. The first-order chi connectivity index (χ1) is 12.5. The summed E-state index contributed by atoms with van der Waals surface area (Å²) in [6.07, 6.45) is 20.2. The van der Waals surface area contributed by atoms with E-state index in [1.54, 1.807) is 0 Å². The highest BCUT2D eigenvalue weighted by molar-refractivity contribution is 5.23. The highest BCUT2D eigenvalue weighted by Gasteiger charge is 2.50. The van der Waals surface area contributed by atoms with Crippen LogP contribution in [0.2, 0.25) is 0 Å². The summed E-state index contributed by atoms with van der Waals surface area (Å²) >= 11 is 0. The smallest absolute Gasteiger partial charge is 0.00853 e. The first-order valence-corrected chi connectivity index (χ1v) is 12.1. The third-order valence-corrected chi connectivity index (χ3v) is 8.76. The number of rotatable bonds is 7. The van der Waals surface area contributed by atoms with Crippen LogP contribution in [0.1, 0.15) is 112 Å². The summed E-state index contributed by atoms with van der Waals surface area (Å²) in [4.78, 5) is 0. The van der Waals surface area contributed by atoms with E-state index in [-0.39, 0.29) is 0 Å². The van der Waals surface area contributed by atoms with E-state index in [9.17, 15) is 0 Å². The van der Waals surface area contributed by atoms with Gasteiger partial charge in [-0.25, -0.2) is 0 Å². The molecule has 3 aliphatic rings. The van der Waals surface area contributed by atoms with Crippen molar-refractivity contribution in [3.8, 4) is 0 Å². The summed E-state index contributed by atoms with van der Waals surface area (Å²) in [6, 6.07) is 0. The Hall–Kier alpha value is -0.260. The van der Waals surface area contributed by atoms with E-state index in [0.717, 1.165) is 35.5 Å². The molecule has 0 radical (unpaired) electrons. The molecule has 2 fully saturated rings. The zero-order valence-corrected chi connectivity index (χ0v) is 18.5. The van der Waals surface area contributed by atoms with E-state index < -0.39 is 0 Å². The molecular weight excluding hydrogens is 312 g/mol. The summed E-state index contributed by atoms with van der Waals surface area (Å²) in [5, 5.41) is 0. The molecule has 26 heavy (non-hydrogen) atoms.